The number of carbonyl (C=O) groups is 1. The monoisotopic (exact) mass is 294 g/mol. The first kappa shape index (κ1) is 15.3. The molecule has 0 radical (unpaired) electrons. The normalized spacial score (nSPS) is 23.4. The molecule has 20 heavy (non-hydrogen) atoms. The highest BCUT2D eigenvalue weighted by Gasteiger charge is 2.29. The summed E-state index contributed by atoms with van der Waals surface area (Å²) in [6.07, 6.45) is 7.10. The maximum absolute atomic E-state index is 10.7. The Bertz CT molecular complexity index is 474. The van der Waals surface area contributed by atoms with Crippen LogP contribution in [0.25, 0.3) is 0 Å². The van der Waals surface area contributed by atoms with Crippen LogP contribution >= 0.6 is 11.6 Å². The van der Waals surface area contributed by atoms with Gasteiger partial charge in [-0.3, -0.25) is 4.79 Å². The molecule has 0 unspecified atom stereocenters. The average Bonchev–Trinajstić information content (AvgIpc) is 2.40. The van der Waals surface area contributed by atoms with E-state index in [2.05, 4.69) is 31.1 Å². The van der Waals surface area contributed by atoms with Crippen molar-refractivity contribution in [3.63, 3.8) is 0 Å². The van der Waals surface area contributed by atoms with E-state index in [1.54, 1.807) is 12.3 Å². The van der Waals surface area contributed by atoms with Gasteiger partial charge < -0.3 is 5.32 Å². The van der Waals surface area contributed by atoms with Crippen molar-refractivity contribution in [3.05, 3.63) is 22.8 Å². The molecule has 2 rings (SSSR count). The molecule has 0 atom stereocenters. The fourth-order valence-corrected chi connectivity index (χ4v) is 3.15. The molecule has 0 aromatic carbocycles. The Balaban J connectivity index is 1.94. The van der Waals surface area contributed by atoms with Crippen molar-refractivity contribution in [2.75, 3.05) is 5.32 Å². The molecular formula is C16H23ClN2O. The first-order chi connectivity index (χ1) is 9.40. The number of pyridine rings is 1. The van der Waals surface area contributed by atoms with Gasteiger partial charge in [0.15, 0.2) is 6.29 Å². The molecule has 1 heterocycles. The standard InChI is InChI=1S/C16H23ClN2O/c1-16(2,3)12-4-6-13(7-5-12)19-15-14(17)8-11(10-20)9-18-15/h8-10,12-13H,4-7H2,1-3H3,(H,18,19). The van der Waals surface area contributed by atoms with E-state index in [1.165, 1.54) is 12.8 Å². The van der Waals surface area contributed by atoms with E-state index in [0.29, 0.717) is 27.9 Å². The summed E-state index contributed by atoms with van der Waals surface area (Å²) in [5.74, 6) is 1.48. The molecule has 1 N–H and O–H groups in total. The van der Waals surface area contributed by atoms with E-state index in [1.807, 2.05) is 0 Å². The summed E-state index contributed by atoms with van der Waals surface area (Å²) in [6.45, 7) is 6.96. The van der Waals surface area contributed by atoms with Crippen molar-refractivity contribution in [1.82, 2.24) is 4.98 Å². The van der Waals surface area contributed by atoms with Gasteiger partial charge >= 0.3 is 0 Å². The minimum Gasteiger partial charge on any atom is -0.366 e. The number of aromatic nitrogens is 1. The summed E-state index contributed by atoms with van der Waals surface area (Å²) < 4.78 is 0. The predicted molar refractivity (Wildman–Crippen MR) is 83.5 cm³/mol. The van der Waals surface area contributed by atoms with Crippen LogP contribution in [0.3, 0.4) is 0 Å². The van der Waals surface area contributed by atoms with Gasteiger partial charge in [0.2, 0.25) is 0 Å². The van der Waals surface area contributed by atoms with Crippen molar-refractivity contribution < 1.29 is 4.79 Å². The van der Waals surface area contributed by atoms with Crippen molar-refractivity contribution in [1.29, 1.82) is 0 Å². The molecule has 0 bridgehead atoms. The van der Waals surface area contributed by atoms with Crippen LogP contribution in [0.1, 0.15) is 56.8 Å². The van der Waals surface area contributed by atoms with Crippen LogP contribution in [-0.2, 0) is 0 Å². The highest BCUT2D eigenvalue weighted by atomic mass is 35.5. The largest absolute Gasteiger partial charge is 0.366 e. The molecule has 1 aliphatic carbocycles. The molecule has 110 valence electrons. The van der Waals surface area contributed by atoms with E-state index in [9.17, 15) is 4.79 Å². The van der Waals surface area contributed by atoms with Gasteiger partial charge in [-0.25, -0.2) is 4.98 Å². The molecule has 1 aromatic rings. The molecule has 1 saturated carbocycles. The van der Waals surface area contributed by atoms with Gasteiger partial charge in [0.1, 0.15) is 5.82 Å². The molecule has 0 aliphatic heterocycles. The number of halogens is 1. The van der Waals surface area contributed by atoms with Crippen LogP contribution in [0, 0.1) is 11.3 Å². The second-order valence-electron chi connectivity index (χ2n) is 6.78. The highest BCUT2D eigenvalue weighted by molar-refractivity contribution is 6.33. The lowest BCUT2D eigenvalue weighted by molar-refractivity contribution is 0.112. The van der Waals surface area contributed by atoms with Crippen LogP contribution in [0.2, 0.25) is 5.02 Å². The number of hydrogen-bond donors (Lipinski definition) is 1. The smallest absolute Gasteiger partial charge is 0.151 e. The SMILES string of the molecule is CC(C)(C)C1CCC(Nc2ncc(C=O)cc2Cl)CC1. The number of anilines is 1. The van der Waals surface area contributed by atoms with E-state index < -0.39 is 0 Å². The van der Waals surface area contributed by atoms with Gasteiger partial charge in [0.05, 0.1) is 5.02 Å². The van der Waals surface area contributed by atoms with Crippen LogP contribution in [0.4, 0.5) is 5.82 Å². The Morgan fingerprint density at radius 3 is 2.45 bits per heavy atom. The summed E-state index contributed by atoms with van der Waals surface area (Å²) >= 11 is 6.14. The summed E-state index contributed by atoms with van der Waals surface area (Å²) in [4.78, 5) is 14.9. The third-order valence-corrected chi connectivity index (χ3v) is 4.58. The fraction of sp³-hybridized carbons (Fsp3) is 0.625. The third kappa shape index (κ3) is 3.72. The highest BCUT2D eigenvalue weighted by Crippen LogP contribution is 2.38. The molecule has 3 nitrogen and oxygen atoms in total. The first-order valence-corrected chi connectivity index (χ1v) is 7.65. The maximum atomic E-state index is 10.7. The topological polar surface area (TPSA) is 42.0 Å². The number of rotatable bonds is 3. The van der Waals surface area contributed by atoms with Gasteiger partial charge in [-0.15, -0.1) is 0 Å². The van der Waals surface area contributed by atoms with Crippen LogP contribution in [-0.4, -0.2) is 17.3 Å². The Hall–Kier alpha value is -1.09. The van der Waals surface area contributed by atoms with Gasteiger partial charge in [-0.2, -0.15) is 0 Å². The van der Waals surface area contributed by atoms with Crippen molar-refractivity contribution >= 4 is 23.7 Å². The summed E-state index contributed by atoms with van der Waals surface area (Å²) in [7, 11) is 0. The van der Waals surface area contributed by atoms with E-state index in [4.69, 9.17) is 11.6 Å². The zero-order valence-electron chi connectivity index (χ0n) is 12.4. The molecule has 1 fully saturated rings. The molecule has 0 saturated heterocycles. The Kier molecular flexibility index (Phi) is 4.69. The minimum absolute atomic E-state index is 0.395. The van der Waals surface area contributed by atoms with Crippen LogP contribution in [0.5, 0.6) is 0 Å². The second-order valence-corrected chi connectivity index (χ2v) is 7.18. The summed E-state index contributed by atoms with van der Waals surface area (Å²) in [6, 6.07) is 2.09. The van der Waals surface area contributed by atoms with E-state index in [-0.39, 0.29) is 0 Å². The maximum Gasteiger partial charge on any atom is 0.151 e. The summed E-state index contributed by atoms with van der Waals surface area (Å²) in [5.41, 5.74) is 0.906. The Morgan fingerprint density at radius 1 is 1.30 bits per heavy atom. The van der Waals surface area contributed by atoms with Gasteiger partial charge in [0, 0.05) is 17.8 Å². The lowest BCUT2D eigenvalue weighted by atomic mass is 9.71. The number of carbonyl (C=O) groups excluding carboxylic acids is 1. The summed E-state index contributed by atoms with van der Waals surface area (Å²) in [5, 5.41) is 3.93. The molecule has 4 heteroatoms. The number of nitrogens with one attached hydrogen (secondary N) is 1. The van der Waals surface area contributed by atoms with Gasteiger partial charge in [-0.1, -0.05) is 32.4 Å². The number of nitrogens with zero attached hydrogens (tertiary/aromatic N) is 1. The van der Waals surface area contributed by atoms with Gasteiger partial charge in [-0.05, 0) is 43.1 Å². The van der Waals surface area contributed by atoms with Crippen molar-refractivity contribution in [3.8, 4) is 0 Å². The fourth-order valence-electron chi connectivity index (χ4n) is 2.92. The Labute approximate surface area is 126 Å². The minimum atomic E-state index is 0.395. The van der Waals surface area contributed by atoms with Gasteiger partial charge in [0.25, 0.3) is 0 Å². The zero-order valence-corrected chi connectivity index (χ0v) is 13.2. The lowest BCUT2D eigenvalue weighted by Crippen LogP contribution is -2.31. The molecular weight excluding hydrogens is 272 g/mol. The average molecular weight is 295 g/mol. The molecule has 0 amide bonds. The van der Waals surface area contributed by atoms with E-state index in [0.717, 1.165) is 25.0 Å². The molecule has 1 aromatic heterocycles. The van der Waals surface area contributed by atoms with Crippen molar-refractivity contribution in [2.45, 2.75) is 52.5 Å². The number of hydrogen-bond acceptors (Lipinski definition) is 3. The number of aldehydes is 1. The van der Waals surface area contributed by atoms with Crippen LogP contribution < -0.4 is 5.32 Å². The lowest BCUT2D eigenvalue weighted by Gasteiger charge is -2.37. The van der Waals surface area contributed by atoms with E-state index >= 15 is 0 Å². The molecule has 0 spiro atoms. The molecule has 1 aliphatic rings. The van der Waals surface area contributed by atoms with Crippen molar-refractivity contribution in [2.24, 2.45) is 11.3 Å². The first-order valence-electron chi connectivity index (χ1n) is 7.27. The second kappa shape index (κ2) is 6.13. The van der Waals surface area contributed by atoms with Crippen LogP contribution in [0.15, 0.2) is 12.3 Å². The third-order valence-electron chi connectivity index (χ3n) is 4.29. The quantitative estimate of drug-likeness (QED) is 0.831. The zero-order chi connectivity index (χ0) is 14.8. The predicted octanol–water partition coefficient (Wildman–Crippen LogP) is 4.56. The Morgan fingerprint density at radius 2 is 1.95 bits per heavy atom.